The molecule has 0 heterocycles. The lowest BCUT2D eigenvalue weighted by molar-refractivity contribution is 0.850. The van der Waals surface area contributed by atoms with E-state index in [2.05, 4.69) is 269 Å². The molecule has 0 amide bonds. The molecule has 0 fully saturated rings. The van der Waals surface area contributed by atoms with Crippen LogP contribution >= 0.6 is 0 Å². The lowest BCUT2D eigenvalue weighted by Gasteiger charge is -2.46. The van der Waals surface area contributed by atoms with Crippen LogP contribution in [0.3, 0.4) is 0 Å². The van der Waals surface area contributed by atoms with E-state index in [4.69, 9.17) is 0 Å². The van der Waals surface area contributed by atoms with Gasteiger partial charge in [-0.05, 0) is 228 Å². The van der Waals surface area contributed by atoms with Crippen LogP contribution in [0, 0.1) is 47.5 Å². The van der Waals surface area contributed by atoms with Crippen LogP contribution in [0.4, 0.5) is 0 Å². The standard InChI is InChI=1S/C75H76Si/c1-50-41-66(44-60-29-17-11-18-30-60)69(47-63-35-23-14-24-36-63)73(53(50)4)76(72-58(9)56(7)57(8)59(72)10,74-54(5)51(2)42-67(45-61-31-19-12-20-32-61)70(74)48-64-37-25-15-26-38-64)75-55(6)52(3)43-68(46-62-33-21-13-22-34-62)71(75)49-65-39-27-16-28-40-65/h11-43,58H,44-49H2,1-10H3. The van der Waals surface area contributed by atoms with Crippen molar-refractivity contribution in [3.63, 3.8) is 0 Å². The summed E-state index contributed by atoms with van der Waals surface area (Å²) in [6.07, 6.45) is 5.09. The molecule has 0 nitrogen and oxygen atoms in total. The Bertz CT molecular complexity index is 3240. The Balaban J connectivity index is 1.51. The summed E-state index contributed by atoms with van der Waals surface area (Å²) in [6.45, 7) is 24.8. The van der Waals surface area contributed by atoms with Crippen molar-refractivity contribution < 1.29 is 0 Å². The topological polar surface area (TPSA) is 0 Å². The third-order valence-electron chi connectivity index (χ3n) is 17.7. The lowest BCUT2D eigenvalue weighted by Crippen LogP contribution is -2.74. The molecule has 1 aliphatic rings. The number of hydrogen-bond acceptors (Lipinski definition) is 0. The van der Waals surface area contributed by atoms with Crippen molar-refractivity contribution in [2.75, 3.05) is 0 Å². The van der Waals surface area contributed by atoms with Gasteiger partial charge in [0.25, 0.3) is 0 Å². The van der Waals surface area contributed by atoms with Crippen LogP contribution in [0.1, 0.15) is 128 Å². The molecule has 9 aromatic rings. The molecular formula is C75H76Si. The maximum absolute atomic E-state index is 3.63. The van der Waals surface area contributed by atoms with Crippen LogP contribution in [0.2, 0.25) is 0 Å². The fourth-order valence-corrected chi connectivity index (χ4v) is 20.9. The minimum Gasteiger partial charge on any atom is -0.0636 e. The number of benzene rings is 9. The molecule has 76 heavy (non-hydrogen) atoms. The fourth-order valence-electron chi connectivity index (χ4n) is 13.3. The Kier molecular flexibility index (Phi) is 15.4. The fraction of sp³-hybridized carbons (Fsp3) is 0.227. The predicted octanol–water partition coefficient (Wildman–Crippen LogP) is 16.4. The van der Waals surface area contributed by atoms with E-state index in [0.717, 1.165) is 38.5 Å². The molecule has 380 valence electrons. The van der Waals surface area contributed by atoms with Crippen molar-refractivity contribution in [3.05, 3.63) is 322 Å². The van der Waals surface area contributed by atoms with E-state index in [1.807, 2.05) is 0 Å². The monoisotopic (exact) mass is 1000 g/mol. The van der Waals surface area contributed by atoms with Crippen molar-refractivity contribution in [1.29, 1.82) is 0 Å². The van der Waals surface area contributed by atoms with Crippen LogP contribution < -0.4 is 15.6 Å². The van der Waals surface area contributed by atoms with Gasteiger partial charge < -0.3 is 0 Å². The first-order chi connectivity index (χ1) is 36.8. The molecule has 0 N–H and O–H groups in total. The normalized spacial score (nSPS) is 13.7. The predicted molar refractivity (Wildman–Crippen MR) is 328 cm³/mol. The summed E-state index contributed by atoms with van der Waals surface area (Å²) in [5.74, 6) is 0.206. The first-order valence-electron chi connectivity index (χ1n) is 27.8. The van der Waals surface area contributed by atoms with Gasteiger partial charge in [0.1, 0.15) is 0 Å². The zero-order valence-corrected chi connectivity index (χ0v) is 47.9. The summed E-state index contributed by atoms with van der Waals surface area (Å²) in [7, 11) is -3.63. The number of rotatable bonds is 16. The Morgan fingerprint density at radius 3 is 0.763 bits per heavy atom. The molecule has 0 spiro atoms. The molecule has 0 radical (unpaired) electrons. The van der Waals surface area contributed by atoms with E-state index in [1.54, 1.807) is 20.8 Å². The molecule has 1 heteroatoms. The highest BCUT2D eigenvalue weighted by atomic mass is 28.3. The van der Waals surface area contributed by atoms with E-state index in [-0.39, 0.29) is 5.92 Å². The average molecular weight is 1010 g/mol. The maximum atomic E-state index is 2.58. The van der Waals surface area contributed by atoms with Crippen LogP contribution in [-0.2, 0) is 38.5 Å². The van der Waals surface area contributed by atoms with Crippen LogP contribution in [-0.4, -0.2) is 8.07 Å². The van der Waals surface area contributed by atoms with Crippen LogP contribution in [0.25, 0.3) is 0 Å². The minimum absolute atomic E-state index is 0.206. The van der Waals surface area contributed by atoms with Gasteiger partial charge in [-0.15, -0.1) is 0 Å². The third kappa shape index (κ3) is 10.1. The zero-order valence-electron chi connectivity index (χ0n) is 46.9. The maximum Gasteiger partial charge on any atom is 0.178 e. The van der Waals surface area contributed by atoms with Gasteiger partial charge in [-0.25, -0.2) is 0 Å². The SMILES string of the molecule is CC1=C(C)C(C)C([Si](c2c(C)c(C)cc(Cc3ccccc3)c2Cc2ccccc2)(c2c(C)c(C)cc(Cc3ccccc3)c2Cc2ccccc2)c2c(C)c(C)cc(Cc3ccccc3)c2Cc2ccccc2)=C1C. The van der Waals surface area contributed by atoms with Gasteiger partial charge in [-0.2, -0.15) is 0 Å². The van der Waals surface area contributed by atoms with Crippen LogP contribution in [0.5, 0.6) is 0 Å². The van der Waals surface area contributed by atoms with E-state index < -0.39 is 8.07 Å². The van der Waals surface area contributed by atoms with E-state index >= 15 is 0 Å². The third-order valence-corrected chi connectivity index (χ3v) is 23.6. The average Bonchev–Trinajstić information content (AvgIpc) is 3.63. The van der Waals surface area contributed by atoms with Gasteiger partial charge in [0.05, 0.1) is 0 Å². The second-order valence-electron chi connectivity index (χ2n) is 22.3. The second-order valence-corrected chi connectivity index (χ2v) is 25.8. The van der Waals surface area contributed by atoms with E-state index in [1.165, 1.54) is 117 Å². The summed E-state index contributed by atoms with van der Waals surface area (Å²) in [5.41, 5.74) is 29.8. The molecule has 0 saturated heterocycles. The van der Waals surface area contributed by atoms with Gasteiger partial charge in [0.15, 0.2) is 8.07 Å². The molecule has 1 aliphatic carbocycles. The first-order valence-corrected chi connectivity index (χ1v) is 29.8. The van der Waals surface area contributed by atoms with Crippen molar-refractivity contribution >= 4 is 23.6 Å². The largest absolute Gasteiger partial charge is 0.178 e. The van der Waals surface area contributed by atoms with Crippen molar-refractivity contribution in [2.24, 2.45) is 5.92 Å². The van der Waals surface area contributed by atoms with Gasteiger partial charge in [-0.1, -0.05) is 223 Å². The summed E-state index contributed by atoms with van der Waals surface area (Å²) >= 11 is 0. The Hall–Kier alpha value is -7.32. The summed E-state index contributed by atoms with van der Waals surface area (Å²) in [4.78, 5) is 0. The number of hydrogen-bond donors (Lipinski definition) is 0. The molecule has 0 aliphatic heterocycles. The molecule has 9 aromatic carbocycles. The van der Waals surface area contributed by atoms with Gasteiger partial charge >= 0.3 is 0 Å². The Morgan fingerprint density at radius 2 is 0.539 bits per heavy atom. The summed E-state index contributed by atoms with van der Waals surface area (Å²) < 4.78 is 0. The van der Waals surface area contributed by atoms with Crippen molar-refractivity contribution in [3.8, 4) is 0 Å². The molecular weight excluding hydrogens is 929 g/mol. The van der Waals surface area contributed by atoms with Crippen LogP contribution in [0.15, 0.2) is 222 Å². The van der Waals surface area contributed by atoms with Gasteiger partial charge in [0, 0.05) is 0 Å². The van der Waals surface area contributed by atoms with Crippen molar-refractivity contribution in [1.82, 2.24) is 0 Å². The summed E-state index contributed by atoms with van der Waals surface area (Å²) in [6, 6.07) is 75.9. The first kappa shape index (κ1) is 52.1. The van der Waals surface area contributed by atoms with Gasteiger partial charge in [0.2, 0.25) is 0 Å². The lowest BCUT2D eigenvalue weighted by atomic mass is 9.90. The molecule has 1 atom stereocenters. The molecule has 0 saturated carbocycles. The van der Waals surface area contributed by atoms with Gasteiger partial charge in [-0.3, -0.25) is 0 Å². The highest BCUT2D eigenvalue weighted by Gasteiger charge is 2.54. The minimum atomic E-state index is -3.63. The van der Waals surface area contributed by atoms with E-state index in [0.29, 0.717) is 0 Å². The number of aryl methyl sites for hydroxylation is 3. The highest BCUT2D eigenvalue weighted by Crippen LogP contribution is 2.45. The second kappa shape index (κ2) is 22.5. The molecule has 1 unspecified atom stereocenters. The zero-order chi connectivity index (χ0) is 53.1. The Labute approximate surface area is 457 Å². The summed E-state index contributed by atoms with van der Waals surface area (Å²) in [5, 5.41) is 6.48. The quantitative estimate of drug-likeness (QED) is 0.0668. The molecule has 0 aromatic heterocycles. The number of allylic oxidation sites excluding steroid dienone is 4. The smallest absolute Gasteiger partial charge is 0.0636 e. The van der Waals surface area contributed by atoms with E-state index in [9.17, 15) is 0 Å². The Morgan fingerprint density at radius 1 is 0.303 bits per heavy atom. The molecule has 0 bridgehead atoms. The highest BCUT2D eigenvalue weighted by molar-refractivity contribution is 7.17. The molecule has 10 rings (SSSR count). The van der Waals surface area contributed by atoms with Crippen molar-refractivity contribution in [2.45, 2.75) is 108 Å².